The Morgan fingerprint density at radius 2 is 2.25 bits per heavy atom. The number of hydrogen-bond acceptors (Lipinski definition) is 4. The van der Waals surface area contributed by atoms with Crippen molar-refractivity contribution >= 4 is 0 Å². The van der Waals surface area contributed by atoms with Gasteiger partial charge in [-0.3, -0.25) is 4.90 Å². The molecule has 1 aliphatic rings. The van der Waals surface area contributed by atoms with Gasteiger partial charge in [-0.2, -0.15) is 5.26 Å². The molecule has 92 valence electrons. The third kappa shape index (κ3) is 3.18. The van der Waals surface area contributed by atoms with Gasteiger partial charge in [0.2, 0.25) is 0 Å². The predicted molar refractivity (Wildman–Crippen MR) is 63.8 cm³/mol. The molecule has 0 saturated heterocycles. The highest BCUT2D eigenvalue weighted by molar-refractivity contribution is 5.14. The van der Waals surface area contributed by atoms with Crippen LogP contribution in [0.2, 0.25) is 0 Å². The molecule has 4 heteroatoms. The summed E-state index contributed by atoms with van der Waals surface area (Å²) < 4.78 is 5.15. The molecule has 2 N–H and O–H groups in total. The number of rotatable bonds is 7. The van der Waals surface area contributed by atoms with Crippen LogP contribution in [-0.2, 0) is 4.74 Å². The van der Waals surface area contributed by atoms with Crippen LogP contribution in [0.3, 0.4) is 0 Å². The van der Waals surface area contributed by atoms with Crippen LogP contribution < -0.4 is 5.73 Å². The molecule has 0 heterocycles. The second kappa shape index (κ2) is 5.62. The van der Waals surface area contributed by atoms with Crippen LogP contribution in [0, 0.1) is 17.2 Å². The van der Waals surface area contributed by atoms with E-state index < -0.39 is 5.54 Å². The molecule has 4 nitrogen and oxygen atoms in total. The molecule has 0 amide bonds. The topological polar surface area (TPSA) is 62.3 Å². The molecule has 1 fully saturated rings. The van der Waals surface area contributed by atoms with E-state index in [0.29, 0.717) is 25.1 Å². The molecular formula is C12H23N3O. The number of hydrogen-bond donors (Lipinski definition) is 1. The standard InChI is InChI=1S/C12H23N3O/c1-4-15(10(2)7-16-3)9-12(14,8-13)11-5-6-11/h10-11H,4-7,9,14H2,1-3H3. The van der Waals surface area contributed by atoms with E-state index >= 15 is 0 Å². The van der Waals surface area contributed by atoms with Gasteiger partial charge in [0, 0.05) is 19.7 Å². The molecule has 0 radical (unpaired) electrons. The Labute approximate surface area is 98.4 Å². The van der Waals surface area contributed by atoms with Crippen LogP contribution in [-0.4, -0.2) is 43.3 Å². The molecule has 2 unspecified atom stereocenters. The van der Waals surface area contributed by atoms with Crippen LogP contribution in [0.4, 0.5) is 0 Å². The second-order valence-electron chi connectivity index (χ2n) is 4.79. The van der Waals surface area contributed by atoms with Crippen LogP contribution in [0.15, 0.2) is 0 Å². The van der Waals surface area contributed by atoms with Crippen molar-refractivity contribution in [3.63, 3.8) is 0 Å². The monoisotopic (exact) mass is 225 g/mol. The summed E-state index contributed by atoms with van der Waals surface area (Å²) in [6, 6.07) is 2.61. The van der Waals surface area contributed by atoms with Crippen molar-refractivity contribution in [2.75, 3.05) is 26.8 Å². The molecule has 2 atom stereocenters. The number of nitrogens with zero attached hydrogens (tertiary/aromatic N) is 2. The van der Waals surface area contributed by atoms with E-state index in [1.807, 2.05) is 0 Å². The summed E-state index contributed by atoms with van der Waals surface area (Å²) >= 11 is 0. The van der Waals surface area contributed by atoms with E-state index in [4.69, 9.17) is 10.5 Å². The van der Waals surface area contributed by atoms with E-state index in [0.717, 1.165) is 19.4 Å². The van der Waals surface area contributed by atoms with Gasteiger partial charge in [-0.15, -0.1) is 0 Å². The SMILES string of the molecule is CCN(CC(N)(C#N)C1CC1)C(C)COC. The average Bonchev–Trinajstić information content (AvgIpc) is 3.09. The first-order valence-electron chi connectivity index (χ1n) is 6.00. The van der Waals surface area contributed by atoms with Gasteiger partial charge in [0.1, 0.15) is 5.54 Å². The fraction of sp³-hybridized carbons (Fsp3) is 0.917. The second-order valence-corrected chi connectivity index (χ2v) is 4.79. The third-order valence-electron chi connectivity index (χ3n) is 3.42. The first-order chi connectivity index (χ1) is 7.57. The molecular weight excluding hydrogens is 202 g/mol. The summed E-state index contributed by atoms with van der Waals surface area (Å²) in [5.74, 6) is 0.390. The Morgan fingerprint density at radius 1 is 1.62 bits per heavy atom. The Kier molecular flexibility index (Phi) is 4.72. The van der Waals surface area contributed by atoms with Crippen molar-refractivity contribution in [1.29, 1.82) is 5.26 Å². The molecule has 0 aromatic carbocycles. The first kappa shape index (κ1) is 13.4. The number of nitriles is 1. The number of nitrogens with two attached hydrogens (primary N) is 1. The van der Waals surface area contributed by atoms with Crippen LogP contribution in [0.25, 0.3) is 0 Å². The fourth-order valence-electron chi connectivity index (χ4n) is 2.12. The van der Waals surface area contributed by atoms with Crippen molar-refractivity contribution in [2.45, 2.75) is 38.3 Å². The summed E-state index contributed by atoms with van der Waals surface area (Å²) in [6.45, 7) is 6.43. The molecule has 0 aliphatic heterocycles. The Bertz CT molecular complexity index is 259. The minimum Gasteiger partial charge on any atom is -0.383 e. The van der Waals surface area contributed by atoms with Gasteiger partial charge < -0.3 is 10.5 Å². The molecule has 1 rings (SSSR count). The van der Waals surface area contributed by atoms with Crippen molar-refractivity contribution in [3.8, 4) is 6.07 Å². The van der Waals surface area contributed by atoms with E-state index in [1.165, 1.54) is 0 Å². The van der Waals surface area contributed by atoms with Crippen LogP contribution in [0.1, 0.15) is 26.7 Å². The molecule has 1 aliphatic carbocycles. The molecule has 16 heavy (non-hydrogen) atoms. The lowest BCUT2D eigenvalue weighted by Gasteiger charge is -2.33. The number of methoxy groups -OCH3 is 1. The summed E-state index contributed by atoms with van der Waals surface area (Å²) in [7, 11) is 1.70. The van der Waals surface area contributed by atoms with Gasteiger partial charge in [-0.25, -0.2) is 0 Å². The van der Waals surface area contributed by atoms with Crippen LogP contribution in [0.5, 0.6) is 0 Å². The Balaban J connectivity index is 2.57. The van der Waals surface area contributed by atoms with Crippen molar-refractivity contribution < 1.29 is 4.74 Å². The Hall–Kier alpha value is -0.630. The molecule has 0 aromatic heterocycles. The largest absolute Gasteiger partial charge is 0.383 e. The summed E-state index contributed by atoms with van der Waals surface area (Å²) in [4.78, 5) is 2.23. The maximum absolute atomic E-state index is 9.22. The first-order valence-corrected chi connectivity index (χ1v) is 6.00. The maximum atomic E-state index is 9.22. The zero-order valence-electron chi connectivity index (χ0n) is 10.6. The minimum absolute atomic E-state index is 0.310. The van der Waals surface area contributed by atoms with Gasteiger partial charge in [-0.1, -0.05) is 6.92 Å². The van der Waals surface area contributed by atoms with Gasteiger partial charge in [0.25, 0.3) is 0 Å². The van der Waals surface area contributed by atoms with E-state index in [1.54, 1.807) is 7.11 Å². The molecule has 0 aromatic rings. The molecule has 0 bridgehead atoms. The lowest BCUT2D eigenvalue weighted by atomic mass is 9.95. The highest BCUT2D eigenvalue weighted by Gasteiger charge is 2.44. The van der Waals surface area contributed by atoms with Crippen molar-refractivity contribution in [2.24, 2.45) is 11.7 Å². The van der Waals surface area contributed by atoms with Gasteiger partial charge >= 0.3 is 0 Å². The van der Waals surface area contributed by atoms with Crippen LogP contribution >= 0.6 is 0 Å². The lowest BCUT2D eigenvalue weighted by molar-refractivity contribution is 0.0901. The zero-order valence-corrected chi connectivity index (χ0v) is 10.6. The lowest BCUT2D eigenvalue weighted by Crippen LogP contribution is -2.53. The predicted octanol–water partition coefficient (Wildman–Crippen LogP) is 0.974. The average molecular weight is 225 g/mol. The van der Waals surface area contributed by atoms with E-state index in [2.05, 4.69) is 24.8 Å². The smallest absolute Gasteiger partial charge is 0.119 e. The third-order valence-corrected chi connectivity index (χ3v) is 3.42. The number of likely N-dealkylation sites (N-methyl/N-ethyl adjacent to an activating group) is 1. The van der Waals surface area contributed by atoms with Gasteiger partial charge in [0.15, 0.2) is 0 Å². The fourth-order valence-corrected chi connectivity index (χ4v) is 2.12. The molecule has 0 spiro atoms. The van der Waals surface area contributed by atoms with Gasteiger partial charge in [-0.05, 0) is 32.2 Å². The minimum atomic E-state index is -0.669. The highest BCUT2D eigenvalue weighted by atomic mass is 16.5. The summed E-state index contributed by atoms with van der Waals surface area (Å²) in [5, 5.41) is 9.22. The van der Waals surface area contributed by atoms with Crippen molar-refractivity contribution in [1.82, 2.24) is 4.90 Å². The van der Waals surface area contributed by atoms with E-state index in [-0.39, 0.29) is 0 Å². The summed E-state index contributed by atoms with van der Waals surface area (Å²) in [5.41, 5.74) is 5.50. The highest BCUT2D eigenvalue weighted by Crippen LogP contribution is 2.38. The maximum Gasteiger partial charge on any atom is 0.119 e. The van der Waals surface area contributed by atoms with Gasteiger partial charge in [0.05, 0.1) is 12.7 Å². The number of ether oxygens (including phenoxy) is 1. The van der Waals surface area contributed by atoms with Crippen molar-refractivity contribution in [3.05, 3.63) is 0 Å². The summed E-state index contributed by atoms with van der Waals surface area (Å²) in [6.07, 6.45) is 2.19. The normalized spacial score (nSPS) is 21.5. The zero-order chi connectivity index (χ0) is 12.2. The van der Waals surface area contributed by atoms with E-state index in [9.17, 15) is 5.26 Å². The molecule has 1 saturated carbocycles. The quantitative estimate of drug-likeness (QED) is 0.701. The Morgan fingerprint density at radius 3 is 2.62 bits per heavy atom.